The summed E-state index contributed by atoms with van der Waals surface area (Å²) in [6.07, 6.45) is -2.13. The number of nitrogens with one attached hydrogen (secondary N) is 1. The molecular weight excluding hydrogens is 192 g/mol. The van der Waals surface area contributed by atoms with E-state index in [9.17, 15) is 13.6 Å². The maximum absolute atomic E-state index is 12.0. The van der Waals surface area contributed by atoms with Gasteiger partial charge in [0.1, 0.15) is 10.8 Å². The van der Waals surface area contributed by atoms with E-state index in [0.29, 0.717) is 0 Å². The van der Waals surface area contributed by atoms with Gasteiger partial charge in [-0.3, -0.25) is 4.79 Å². The van der Waals surface area contributed by atoms with Crippen LogP contribution in [0.4, 0.5) is 8.78 Å². The predicted octanol–water partition coefficient (Wildman–Crippen LogP) is 1.67. The number of pyridine rings is 1. The predicted molar refractivity (Wildman–Crippen MR) is 38.7 cm³/mol. The van der Waals surface area contributed by atoms with Crippen LogP contribution in [-0.4, -0.2) is 10.1 Å². The zero-order valence-corrected chi connectivity index (χ0v) is 6.40. The monoisotopic (exact) mass is 195 g/mol. The number of aromatic amines is 1. The topological polar surface area (TPSA) is 53.1 Å². The Morgan fingerprint density at radius 2 is 2.17 bits per heavy atom. The molecule has 0 radical (unpaired) electrons. The van der Waals surface area contributed by atoms with Crippen molar-refractivity contribution in [1.82, 2.24) is 4.98 Å². The Hall–Kier alpha value is -1.10. The number of hydrogen-bond acceptors (Lipinski definition) is 2. The van der Waals surface area contributed by atoms with Gasteiger partial charge in [-0.2, -0.15) is 0 Å². The Morgan fingerprint density at radius 3 is 2.67 bits per heavy atom. The van der Waals surface area contributed by atoms with Gasteiger partial charge in [0.2, 0.25) is 0 Å². The molecule has 1 rings (SSSR count). The van der Waals surface area contributed by atoms with E-state index in [-0.39, 0.29) is 0 Å². The summed E-state index contributed by atoms with van der Waals surface area (Å²) in [7, 11) is 0. The molecule has 1 aromatic heterocycles. The lowest BCUT2D eigenvalue weighted by Gasteiger charge is -2.02. The van der Waals surface area contributed by atoms with Gasteiger partial charge in [-0.1, -0.05) is 11.6 Å². The van der Waals surface area contributed by atoms with Crippen molar-refractivity contribution in [3.8, 4) is 5.75 Å². The molecule has 0 saturated carbocycles. The molecule has 0 spiro atoms. The van der Waals surface area contributed by atoms with Crippen LogP contribution in [0.2, 0.25) is 5.02 Å². The number of aromatic nitrogens is 1. The lowest BCUT2D eigenvalue weighted by atomic mass is 10.3. The summed E-state index contributed by atoms with van der Waals surface area (Å²) < 4.78 is 24.0. The Morgan fingerprint density at radius 1 is 1.58 bits per heavy atom. The van der Waals surface area contributed by atoms with Crippen LogP contribution in [0.15, 0.2) is 11.0 Å². The average Bonchev–Trinajstić information content (AvgIpc) is 2.00. The second kappa shape index (κ2) is 3.10. The van der Waals surface area contributed by atoms with Crippen molar-refractivity contribution >= 4 is 11.6 Å². The lowest BCUT2D eigenvalue weighted by molar-refractivity contribution is 0.147. The van der Waals surface area contributed by atoms with E-state index in [2.05, 4.69) is 0 Å². The van der Waals surface area contributed by atoms with Gasteiger partial charge in [-0.25, -0.2) is 8.78 Å². The molecule has 0 bridgehead atoms. The van der Waals surface area contributed by atoms with Crippen molar-refractivity contribution in [2.45, 2.75) is 6.43 Å². The third kappa shape index (κ3) is 1.40. The fourth-order valence-corrected chi connectivity index (χ4v) is 0.839. The molecule has 0 amide bonds. The number of H-pyrrole nitrogens is 1. The Labute approximate surface area is 70.6 Å². The SMILES string of the molecule is O=c1[nH]cc(C(F)F)c(O)c1Cl. The maximum Gasteiger partial charge on any atom is 0.270 e. The van der Waals surface area contributed by atoms with Crippen molar-refractivity contribution in [2.24, 2.45) is 0 Å². The Balaban J connectivity index is 3.36. The van der Waals surface area contributed by atoms with Crippen LogP contribution in [0.5, 0.6) is 5.75 Å². The standard InChI is InChI=1S/C6H4ClF2NO2/c7-3-4(11)2(5(8)9)1-10-6(3)12/h1,5H,(H2,10,11,12). The zero-order valence-electron chi connectivity index (χ0n) is 5.64. The van der Waals surface area contributed by atoms with Crippen molar-refractivity contribution < 1.29 is 13.9 Å². The third-order valence-corrected chi connectivity index (χ3v) is 1.63. The maximum atomic E-state index is 12.0. The smallest absolute Gasteiger partial charge is 0.270 e. The van der Waals surface area contributed by atoms with E-state index in [1.165, 1.54) is 0 Å². The molecule has 1 heterocycles. The highest BCUT2D eigenvalue weighted by Gasteiger charge is 2.16. The molecule has 2 N–H and O–H groups in total. The molecule has 0 fully saturated rings. The van der Waals surface area contributed by atoms with Gasteiger partial charge in [-0.05, 0) is 0 Å². The first-order valence-corrected chi connectivity index (χ1v) is 3.30. The van der Waals surface area contributed by atoms with Gasteiger partial charge in [-0.15, -0.1) is 0 Å². The molecule has 1 aromatic rings. The van der Waals surface area contributed by atoms with E-state index < -0.39 is 28.3 Å². The molecule has 0 unspecified atom stereocenters. The van der Waals surface area contributed by atoms with Crippen LogP contribution < -0.4 is 5.56 Å². The highest BCUT2D eigenvalue weighted by atomic mass is 35.5. The highest BCUT2D eigenvalue weighted by Crippen LogP contribution is 2.30. The number of hydrogen-bond donors (Lipinski definition) is 2. The highest BCUT2D eigenvalue weighted by molar-refractivity contribution is 6.31. The minimum atomic E-state index is -2.86. The van der Waals surface area contributed by atoms with Crippen LogP contribution in [0.1, 0.15) is 12.0 Å². The molecular formula is C6H4ClF2NO2. The normalized spacial score (nSPS) is 10.7. The lowest BCUT2D eigenvalue weighted by Crippen LogP contribution is -2.07. The second-order valence-corrected chi connectivity index (χ2v) is 2.41. The summed E-state index contributed by atoms with van der Waals surface area (Å²) in [5.41, 5.74) is -1.47. The summed E-state index contributed by atoms with van der Waals surface area (Å²) in [5, 5.41) is 8.30. The first-order valence-electron chi connectivity index (χ1n) is 2.92. The quantitative estimate of drug-likeness (QED) is 0.716. The van der Waals surface area contributed by atoms with Crippen molar-refractivity contribution in [1.29, 1.82) is 0 Å². The Bertz CT molecular complexity index is 350. The van der Waals surface area contributed by atoms with E-state index in [1.807, 2.05) is 4.98 Å². The molecule has 0 saturated heterocycles. The van der Waals surface area contributed by atoms with Crippen molar-refractivity contribution in [3.05, 3.63) is 27.1 Å². The van der Waals surface area contributed by atoms with Crippen molar-refractivity contribution in [3.63, 3.8) is 0 Å². The van der Waals surface area contributed by atoms with E-state index in [1.54, 1.807) is 0 Å². The molecule has 66 valence electrons. The van der Waals surface area contributed by atoms with Crippen LogP contribution in [-0.2, 0) is 0 Å². The summed E-state index contributed by atoms with van der Waals surface area (Å²) in [4.78, 5) is 12.6. The van der Waals surface area contributed by atoms with Gasteiger partial charge in [0, 0.05) is 6.20 Å². The van der Waals surface area contributed by atoms with Crippen LogP contribution in [0.3, 0.4) is 0 Å². The number of aromatic hydroxyl groups is 1. The molecule has 0 aromatic carbocycles. The zero-order chi connectivity index (χ0) is 9.30. The average molecular weight is 196 g/mol. The van der Waals surface area contributed by atoms with Crippen LogP contribution >= 0.6 is 11.6 Å². The van der Waals surface area contributed by atoms with Gasteiger partial charge < -0.3 is 10.1 Å². The first-order chi connectivity index (χ1) is 5.54. The fraction of sp³-hybridized carbons (Fsp3) is 0.167. The van der Waals surface area contributed by atoms with Crippen LogP contribution in [0.25, 0.3) is 0 Å². The molecule has 12 heavy (non-hydrogen) atoms. The molecule has 0 atom stereocenters. The van der Waals surface area contributed by atoms with Gasteiger partial charge >= 0.3 is 0 Å². The fourth-order valence-electron chi connectivity index (χ4n) is 0.676. The van der Waals surface area contributed by atoms with E-state index in [4.69, 9.17) is 16.7 Å². The second-order valence-electron chi connectivity index (χ2n) is 2.04. The molecule has 0 aliphatic heterocycles. The van der Waals surface area contributed by atoms with Gasteiger partial charge in [0.25, 0.3) is 12.0 Å². The summed E-state index contributed by atoms with van der Waals surface area (Å²) >= 11 is 5.20. The van der Waals surface area contributed by atoms with E-state index >= 15 is 0 Å². The first kappa shape index (κ1) is 8.99. The number of rotatable bonds is 1. The number of halogens is 3. The molecule has 3 nitrogen and oxygen atoms in total. The minimum Gasteiger partial charge on any atom is -0.506 e. The molecule has 0 aliphatic rings. The summed E-state index contributed by atoms with van der Waals surface area (Å²) in [6.45, 7) is 0. The van der Waals surface area contributed by atoms with Gasteiger partial charge in [0.15, 0.2) is 0 Å². The minimum absolute atomic E-state index is 0.618. The summed E-state index contributed by atoms with van der Waals surface area (Å²) in [6, 6.07) is 0. The van der Waals surface area contributed by atoms with E-state index in [0.717, 1.165) is 6.20 Å². The van der Waals surface area contributed by atoms with Crippen molar-refractivity contribution in [2.75, 3.05) is 0 Å². The third-order valence-electron chi connectivity index (χ3n) is 1.27. The Kier molecular flexibility index (Phi) is 2.32. The molecule has 0 aliphatic carbocycles. The number of alkyl halides is 2. The van der Waals surface area contributed by atoms with Crippen LogP contribution in [0, 0.1) is 0 Å². The summed E-state index contributed by atoms with van der Waals surface area (Å²) in [5.74, 6) is -0.865. The van der Waals surface area contributed by atoms with Gasteiger partial charge in [0.05, 0.1) is 5.56 Å². The largest absolute Gasteiger partial charge is 0.506 e. The molecule has 6 heteroatoms.